The van der Waals surface area contributed by atoms with Gasteiger partial charge in [0.15, 0.2) is 0 Å². The highest BCUT2D eigenvalue weighted by atomic mass is 14.4. The van der Waals surface area contributed by atoms with E-state index in [0.29, 0.717) is 12.1 Å². The van der Waals surface area contributed by atoms with Crippen LogP contribution < -0.4 is 0 Å². The molecule has 0 atom stereocenters. The highest BCUT2D eigenvalue weighted by molar-refractivity contribution is 6.20. The quantitative estimate of drug-likeness (QED) is 0.217. The van der Waals surface area contributed by atoms with E-state index < -0.39 is 0 Å². The summed E-state index contributed by atoms with van der Waals surface area (Å²) in [6.07, 6.45) is 0. The summed E-state index contributed by atoms with van der Waals surface area (Å²) in [5, 5.41) is 6.82. The second-order valence-electron chi connectivity index (χ2n) is 5.29. The fraction of sp³-hybridized carbons (Fsp3) is 0. The predicted molar refractivity (Wildman–Crippen MR) is 87.9 cm³/mol. The zero-order valence-corrected chi connectivity index (χ0v) is 10.8. The van der Waals surface area contributed by atoms with E-state index in [-0.39, 0.29) is 0 Å². The lowest BCUT2D eigenvalue weighted by molar-refractivity contribution is 1.75. The Bertz CT molecular complexity index is 1140. The molecule has 20 heavy (non-hydrogen) atoms. The van der Waals surface area contributed by atoms with E-state index in [1.807, 2.05) is 18.2 Å². The molecule has 0 fully saturated rings. The van der Waals surface area contributed by atoms with Gasteiger partial charge in [0.2, 0.25) is 0 Å². The maximum Gasteiger partial charge on any atom is 0.0630 e. The SMILES string of the molecule is [2H][13C]1=[13C]([2H])c2c3ccc4ccccc4c3cc3cccc1c23. The first kappa shape index (κ1) is 8.55. The molecule has 0 N–H and O–H groups in total. The summed E-state index contributed by atoms with van der Waals surface area (Å²) >= 11 is 0. The molecule has 0 aromatic heterocycles. The van der Waals surface area contributed by atoms with Crippen molar-refractivity contribution in [2.45, 2.75) is 0 Å². The number of fused-ring (bicyclic) bond motifs is 4. The summed E-state index contributed by atoms with van der Waals surface area (Å²) in [7, 11) is 0. The fourth-order valence-corrected chi connectivity index (χ4v) is 3.29. The van der Waals surface area contributed by atoms with Crippen LogP contribution in [0.15, 0.2) is 60.7 Å². The van der Waals surface area contributed by atoms with Crippen LogP contribution in [0.4, 0.5) is 0 Å². The second kappa shape index (κ2) is 3.49. The van der Waals surface area contributed by atoms with E-state index in [1.54, 1.807) is 0 Å². The molecule has 4 aromatic carbocycles. The molecule has 0 spiro atoms. The third kappa shape index (κ3) is 1.16. The van der Waals surface area contributed by atoms with E-state index in [1.165, 1.54) is 10.8 Å². The molecule has 1 aliphatic carbocycles. The van der Waals surface area contributed by atoms with Crippen LogP contribution in [0.25, 0.3) is 44.4 Å². The third-order valence-electron chi connectivity index (χ3n) is 4.21. The molecule has 0 saturated heterocycles. The van der Waals surface area contributed by atoms with E-state index in [2.05, 4.69) is 42.5 Å². The van der Waals surface area contributed by atoms with Crippen molar-refractivity contribution < 1.29 is 2.74 Å². The van der Waals surface area contributed by atoms with Gasteiger partial charge in [-0.3, -0.25) is 0 Å². The van der Waals surface area contributed by atoms with E-state index in [9.17, 15) is 0 Å². The van der Waals surface area contributed by atoms with Crippen molar-refractivity contribution in [2.24, 2.45) is 0 Å². The maximum atomic E-state index is 8.39. The van der Waals surface area contributed by atoms with Gasteiger partial charge in [-0.2, -0.15) is 0 Å². The average Bonchev–Trinajstić information content (AvgIpc) is 2.82. The normalized spacial score (nSPS) is 15.2. The summed E-state index contributed by atoms with van der Waals surface area (Å²) in [5.74, 6) is 0. The molecule has 0 unspecified atom stereocenters. The van der Waals surface area contributed by atoms with Crippen LogP contribution in [-0.4, -0.2) is 0 Å². The van der Waals surface area contributed by atoms with Gasteiger partial charge >= 0.3 is 0 Å². The molecule has 0 radical (unpaired) electrons. The Kier molecular flexibility index (Phi) is 1.49. The molecule has 0 heterocycles. The Labute approximate surface area is 119 Å². The molecule has 0 heteroatoms. The van der Waals surface area contributed by atoms with Crippen molar-refractivity contribution in [3.8, 4) is 0 Å². The van der Waals surface area contributed by atoms with Crippen LogP contribution in [-0.2, 0) is 0 Å². The Morgan fingerprint density at radius 3 is 2.55 bits per heavy atom. The highest BCUT2D eigenvalue weighted by Crippen LogP contribution is 2.39. The summed E-state index contributed by atoms with van der Waals surface area (Å²) in [6.45, 7) is 0. The topological polar surface area (TPSA) is 0 Å². The lowest BCUT2D eigenvalue weighted by atomic mass is 9.95. The summed E-state index contributed by atoms with van der Waals surface area (Å²) < 4.78 is 16.6. The first-order valence-corrected chi connectivity index (χ1v) is 6.81. The van der Waals surface area contributed by atoms with Crippen molar-refractivity contribution in [1.29, 1.82) is 0 Å². The van der Waals surface area contributed by atoms with Gasteiger partial charge in [0.1, 0.15) is 0 Å². The van der Waals surface area contributed by atoms with Crippen LogP contribution in [0.2, 0.25) is 0 Å². The average molecular weight is 256 g/mol. The largest absolute Gasteiger partial charge is 0.0630 e. The van der Waals surface area contributed by atoms with Gasteiger partial charge in [0.05, 0.1) is 2.74 Å². The predicted octanol–water partition coefficient (Wildman–Crippen LogP) is 5.63. The minimum Gasteiger partial charge on any atom is -0.0616 e. The minimum absolute atomic E-state index is 0.334. The molecule has 5 rings (SSSR count). The first-order chi connectivity index (χ1) is 10.8. The van der Waals surface area contributed by atoms with Crippen molar-refractivity contribution >= 4 is 44.4 Å². The molecule has 0 nitrogen and oxygen atoms in total. The molecule has 4 aromatic rings. The molecular formula is C20H12. The van der Waals surface area contributed by atoms with Gasteiger partial charge in [-0.25, -0.2) is 0 Å². The second-order valence-corrected chi connectivity index (χ2v) is 5.29. The van der Waals surface area contributed by atoms with Crippen LogP contribution in [0, 0.1) is 0 Å². The number of benzene rings is 4. The molecule has 92 valence electrons. The monoisotopic (exact) mass is 256 g/mol. The molecule has 0 aliphatic heterocycles. The number of hydrogen-bond acceptors (Lipinski definition) is 0. The van der Waals surface area contributed by atoms with E-state index in [4.69, 9.17) is 2.74 Å². The molecule has 1 aliphatic rings. The Morgan fingerprint density at radius 2 is 1.55 bits per heavy atom. The smallest absolute Gasteiger partial charge is 0.0616 e. The molecule has 0 amide bonds. The fourth-order valence-electron chi connectivity index (χ4n) is 3.29. The number of rotatable bonds is 0. The standard InChI is InChI=1S/C20H12/c1-2-7-16-13(4-1)8-10-17-18-11-9-14-5-3-6-15(20(14)18)12-19(16)17/h1-12H/i9+1D,11+1D. The van der Waals surface area contributed by atoms with Gasteiger partial charge in [-0.1, -0.05) is 66.7 Å². The molecule has 0 bridgehead atoms. The Balaban J connectivity index is 2.13. The highest BCUT2D eigenvalue weighted by Gasteiger charge is 2.13. The lowest BCUT2D eigenvalue weighted by Crippen LogP contribution is -1.84. The minimum atomic E-state index is 0.334. The zero-order valence-electron chi connectivity index (χ0n) is 12.8. The summed E-state index contributed by atoms with van der Waals surface area (Å²) in [6, 6.07) is 21.4. The maximum absolute atomic E-state index is 8.39. The van der Waals surface area contributed by atoms with Crippen LogP contribution >= 0.6 is 0 Å². The van der Waals surface area contributed by atoms with Crippen molar-refractivity contribution in [1.82, 2.24) is 0 Å². The van der Waals surface area contributed by atoms with Crippen LogP contribution in [0.1, 0.15) is 13.9 Å². The number of hydrogen-bond donors (Lipinski definition) is 0. The molecular weight excluding hydrogens is 242 g/mol. The van der Waals surface area contributed by atoms with E-state index in [0.717, 1.165) is 32.7 Å². The summed E-state index contributed by atoms with van der Waals surface area (Å²) in [5.41, 5.74) is 1.80. The van der Waals surface area contributed by atoms with Crippen molar-refractivity contribution in [3.63, 3.8) is 0 Å². The van der Waals surface area contributed by atoms with Gasteiger partial charge in [0, 0.05) is 0 Å². The van der Waals surface area contributed by atoms with Gasteiger partial charge < -0.3 is 0 Å². The van der Waals surface area contributed by atoms with Gasteiger partial charge in [-0.05, 0) is 49.5 Å². The van der Waals surface area contributed by atoms with Crippen LogP contribution in [0.5, 0.6) is 0 Å². The molecule has 0 saturated carbocycles. The van der Waals surface area contributed by atoms with E-state index >= 15 is 0 Å². The van der Waals surface area contributed by atoms with Crippen molar-refractivity contribution in [3.05, 3.63) is 71.8 Å². The van der Waals surface area contributed by atoms with Gasteiger partial charge in [-0.15, -0.1) is 0 Å². The summed E-state index contributed by atoms with van der Waals surface area (Å²) in [4.78, 5) is 0. The lowest BCUT2D eigenvalue weighted by Gasteiger charge is -2.09. The van der Waals surface area contributed by atoms with Crippen LogP contribution in [0.3, 0.4) is 0 Å². The Morgan fingerprint density at radius 1 is 0.650 bits per heavy atom. The third-order valence-corrected chi connectivity index (χ3v) is 4.21. The van der Waals surface area contributed by atoms with Gasteiger partial charge in [0.25, 0.3) is 0 Å². The zero-order chi connectivity index (χ0) is 14.8. The van der Waals surface area contributed by atoms with Crippen molar-refractivity contribution in [2.75, 3.05) is 0 Å². The Hall–Kier alpha value is -2.60. The first-order valence-electron chi connectivity index (χ1n) is 7.81.